The number of likely N-dealkylation sites (tertiary alicyclic amines) is 1. The average Bonchev–Trinajstić information content (AvgIpc) is 2.88. The second-order valence-electron chi connectivity index (χ2n) is 5.89. The van der Waals surface area contributed by atoms with Crippen LogP contribution < -0.4 is 5.32 Å². The SMILES string of the molecule is CCCN(CCC)CCCC(=O)N1CCCC1CNC. The number of nitrogens with one attached hydrogen (secondary N) is 1. The molecule has 0 aromatic heterocycles. The number of likely N-dealkylation sites (N-methyl/N-ethyl adjacent to an activating group) is 1. The molecule has 4 heteroatoms. The molecule has 0 aromatic carbocycles. The zero-order valence-corrected chi connectivity index (χ0v) is 13.7. The summed E-state index contributed by atoms with van der Waals surface area (Å²) < 4.78 is 0. The highest BCUT2D eigenvalue weighted by atomic mass is 16.2. The molecule has 4 nitrogen and oxygen atoms in total. The maximum absolute atomic E-state index is 12.3. The van der Waals surface area contributed by atoms with Crippen LogP contribution in [0.25, 0.3) is 0 Å². The van der Waals surface area contributed by atoms with Crippen molar-refractivity contribution < 1.29 is 4.79 Å². The molecule has 0 aromatic rings. The van der Waals surface area contributed by atoms with E-state index in [1.165, 1.54) is 12.8 Å². The van der Waals surface area contributed by atoms with E-state index in [9.17, 15) is 4.79 Å². The van der Waals surface area contributed by atoms with Crippen LogP contribution in [0.2, 0.25) is 0 Å². The highest BCUT2D eigenvalue weighted by Gasteiger charge is 2.27. The first-order valence-corrected chi connectivity index (χ1v) is 8.39. The van der Waals surface area contributed by atoms with Crippen molar-refractivity contribution in [2.75, 3.05) is 39.8 Å². The van der Waals surface area contributed by atoms with Gasteiger partial charge in [-0.15, -0.1) is 0 Å². The first-order chi connectivity index (χ1) is 9.72. The van der Waals surface area contributed by atoms with Crippen LogP contribution in [0.5, 0.6) is 0 Å². The summed E-state index contributed by atoms with van der Waals surface area (Å²) in [6.07, 6.45) is 6.43. The molecular formula is C16H33N3O. The summed E-state index contributed by atoms with van der Waals surface area (Å²) >= 11 is 0. The standard InChI is InChI=1S/C16H33N3O/c1-4-10-18(11-5-2)12-7-9-16(20)19-13-6-8-15(19)14-17-3/h15,17H,4-14H2,1-3H3. The van der Waals surface area contributed by atoms with Crippen molar-refractivity contribution in [3.63, 3.8) is 0 Å². The fourth-order valence-corrected chi connectivity index (χ4v) is 3.18. The second kappa shape index (κ2) is 10.2. The topological polar surface area (TPSA) is 35.6 Å². The minimum Gasteiger partial charge on any atom is -0.338 e. The van der Waals surface area contributed by atoms with Crippen molar-refractivity contribution in [1.82, 2.24) is 15.1 Å². The van der Waals surface area contributed by atoms with Crippen molar-refractivity contribution in [3.8, 4) is 0 Å². The van der Waals surface area contributed by atoms with Gasteiger partial charge in [0.25, 0.3) is 0 Å². The Kier molecular flexibility index (Phi) is 8.86. The predicted molar refractivity (Wildman–Crippen MR) is 84.9 cm³/mol. The zero-order valence-electron chi connectivity index (χ0n) is 13.7. The molecule has 1 unspecified atom stereocenters. The normalized spacial score (nSPS) is 19.0. The highest BCUT2D eigenvalue weighted by molar-refractivity contribution is 5.76. The lowest BCUT2D eigenvalue weighted by molar-refractivity contribution is -0.132. The third kappa shape index (κ3) is 5.80. The third-order valence-electron chi connectivity index (χ3n) is 4.08. The van der Waals surface area contributed by atoms with E-state index in [-0.39, 0.29) is 0 Å². The predicted octanol–water partition coefficient (Wildman–Crippen LogP) is 2.10. The van der Waals surface area contributed by atoms with Crippen molar-refractivity contribution in [3.05, 3.63) is 0 Å². The van der Waals surface area contributed by atoms with Crippen molar-refractivity contribution >= 4 is 5.91 Å². The number of rotatable bonds is 10. The third-order valence-corrected chi connectivity index (χ3v) is 4.08. The number of hydrogen-bond acceptors (Lipinski definition) is 3. The van der Waals surface area contributed by atoms with Gasteiger partial charge in [-0.25, -0.2) is 0 Å². The van der Waals surface area contributed by atoms with Crippen LogP contribution in [-0.4, -0.2) is 61.5 Å². The summed E-state index contributed by atoms with van der Waals surface area (Å²) in [5, 5.41) is 3.20. The molecule has 0 spiro atoms. The Balaban J connectivity index is 2.27. The molecule has 1 fully saturated rings. The zero-order chi connectivity index (χ0) is 14.8. The second-order valence-corrected chi connectivity index (χ2v) is 5.89. The lowest BCUT2D eigenvalue weighted by Crippen LogP contribution is -2.41. The van der Waals surface area contributed by atoms with Crippen molar-refractivity contribution in [2.24, 2.45) is 0 Å². The van der Waals surface area contributed by atoms with Crippen LogP contribution in [0.4, 0.5) is 0 Å². The van der Waals surface area contributed by atoms with Crippen LogP contribution in [0.3, 0.4) is 0 Å². The molecular weight excluding hydrogens is 250 g/mol. The molecule has 0 aliphatic carbocycles. The number of hydrogen-bond donors (Lipinski definition) is 1. The molecule has 118 valence electrons. The van der Waals surface area contributed by atoms with E-state index in [4.69, 9.17) is 0 Å². The monoisotopic (exact) mass is 283 g/mol. The Morgan fingerprint density at radius 2 is 1.95 bits per heavy atom. The maximum atomic E-state index is 12.3. The van der Waals surface area contributed by atoms with Crippen LogP contribution >= 0.6 is 0 Å². The number of amides is 1. The molecule has 0 radical (unpaired) electrons. The van der Waals surface area contributed by atoms with Gasteiger partial charge in [-0.05, 0) is 58.8 Å². The first-order valence-electron chi connectivity index (χ1n) is 8.39. The maximum Gasteiger partial charge on any atom is 0.222 e. The smallest absolute Gasteiger partial charge is 0.222 e. The Hall–Kier alpha value is -0.610. The summed E-state index contributed by atoms with van der Waals surface area (Å²) in [6, 6.07) is 0.426. The van der Waals surface area contributed by atoms with Gasteiger partial charge in [0, 0.05) is 25.6 Å². The molecule has 1 aliphatic heterocycles. The van der Waals surface area contributed by atoms with Gasteiger partial charge in [0.2, 0.25) is 5.91 Å². The Morgan fingerprint density at radius 1 is 1.25 bits per heavy atom. The Morgan fingerprint density at radius 3 is 2.55 bits per heavy atom. The summed E-state index contributed by atoms with van der Waals surface area (Å²) in [5.74, 6) is 0.357. The van der Waals surface area contributed by atoms with Crippen LogP contribution in [0.15, 0.2) is 0 Å². The van der Waals surface area contributed by atoms with E-state index >= 15 is 0 Å². The van der Waals surface area contributed by atoms with E-state index in [0.717, 1.165) is 52.0 Å². The molecule has 1 atom stereocenters. The van der Waals surface area contributed by atoms with Gasteiger partial charge in [-0.1, -0.05) is 13.8 Å². The largest absolute Gasteiger partial charge is 0.338 e. The summed E-state index contributed by atoms with van der Waals surface area (Å²) in [4.78, 5) is 16.9. The molecule has 1 aliphatic rings. The van der Waals surface area contributed by atoms with Gasteiger partial charge in [-0.3, -0.25) is 4.79 Å². The van der Waals surface area contributed by atoms with Crippen LogP contribution in [0, 0.1) is 0 Å². The van der Waals surface area contributed by atoms with E-state index in [2.05, 4.69) is 29.0 Å². The quantitative estimate of drug-likeness (QED) is 0.667. The molecule has 1 heterocycles. The Bertz CT molecular complexity index is 264. The van der Waals surface area contributed by atoms with Crippen LogP contribution in [0.1, 0.15) is 52.4 Å². The first kappa shape index (κ1) is 17.4. The summed E-state index contributed by atoms with van der Waals surface area (Å²) in [6.45, 7) is 9.73. The molecule has 0 saturated carbocycles. The highest BCUT2D eigenvalue weighted by Crippen LogP contribution is 2.18. The summed E-state index contributed by atoms with van der Waals surface area (Å²) in [7, 11) is 1.97. The van der Waals surface area contributed by atoms with Gasteiger partial charge in [-0.2, -0.15) is 0 Å². The number of carbonyl (C=O) groups is 1. The minimum absolute atomic E-state index is 0.357. The minimum atomic E-state index is 0.357. The number of carbonyl (C=O) groups excluding carboxylic acids is 1. The molecule has 1 N–H and O–H groups in total. The van der Waals surface area contributed by atoms with Gasteiger partial charge in [0.05, 0.1) is 0 Å². The van der Waals surface area contributed by atoms with E-state index in [1.54, 1.807) is 0 Å². The Labute approximate surface area is 124 Å². The van der Waals surface area contributed by atoms with E-state index < -0.39 is 0 Å². The lowest BCUT2D eigenvalue weighted by atomic mass is 10.2. The average molecular weight is 283 g/mol. The van der Waals surface area contributed by atoms with Gasteiger partial charge in [0.15, 0.2) is 0 Å². The molecule has 1 amide bonds. The fraction of sp³-hybridized carbons (Fsp3) is 0.938. The van der Waals surface area contributed by atoms with Crippen molar-refractivity contribution in [1.29, 1.82) is 0 Å². The van der Waals surface area contributed by atoms with Crippen molar-refractivity contribution in [2.45, 2.75) is 58.4 Å². The van der Waals surface area contributed by atoms with E-state index in [0.29, 0.717) is 18.4 Å². The van der Waals surface area contributed by atoms with Crippen LogP contribution in [-0.2, 0) is 4.79 Å². The molecule has 1 rings (SSSR count). The van der Waals surface area contributed by atoms with Gasteiger partial charge in [0.1, 0.15) is 0 Å². The molecule has 0 bridgehead atoms. The van der Waals surface area contributed by atoms with E-state index in [1.807, 2.05) is 7.05 Å². The fourth-order valence-electron chi connectivity index (χ4n) is 3.18. The lowest BCUT2D eigenvalue weighted by Gasteiger charge is -2.25. The van der Waals surface area contributed by atoms with Gasteiger partial charge >= 0.3 is 0 Å². The summed E-state index contributed by atoms with van der Waals surface area (Å²) in [5.41, 5.74) is 0. The molecule has 20 heavy (non-hydrogen) atoms. The van der Waals surface area contributed by atoms with Gasteiger partial charge < -0.3 is 15.1 Å². The number of nitrogens with zero attached hydrogens (tertiary/aromatic N) is 2. The molecule has 1 saturated heterocycles.